The molecule has 3 aliphatic rings. The van der Waals surface area contributed by atoms with Gasteiger partial charge in [0.25, 0.3) is 5.91 Å². The van der Waals surface area contributed by atoms with Gasteiger partial charge in [0, 0.05) is 25.1 Å². The molecule has 0 N–H and O–H groups in total. The van der Waals surface area contributed by atoms with Crippen LogP contribution in [-0.2, 0) is 9.53 Å². The van der Waals surface area contributed by atoms with Gasteiger partial charge in [0.2, 0.25) is 0 Å². The van der Waals surface area contributed by atoms with E-state index in [9.17, 15) is 4.79 Å². The van der Waals surface area contributed by atoms with E-state index in [0.717, 1.165) is 24.1 Å². The van der Waals surface area contributed by atoms with Crippen LogP contribution in [-0.4, -0.2) is 38.4 Å². The SMILES string of the molecule is O=C1N2[C@@H](CC[C@H]2c2ccccc2)OC12CC(Oc1ccnn3cccc13)C2. The molecule has 6 nitrogen and oxygen atoms in total. The van der Waals surface area contributed by atoms with E-state index in [2.05, 4.69) is 17.2 Å². The monoisotopic (exact) mass is 375 g/mol. The van der Waals surface area contributed by atoms with Crippen molar-refractivity contribution in [3.8, 4) is 5.75 Å². The normalized spacial score (nSPS) is 31.4. The molecule has 2 aromatic heterocycles. The predicted molar refractivity (Wildman–Crippen MR) is 102 cm³/mol. The van der Waals surface area contributed by atoms with Gasteiger partial charge in [-0.05, 0) is 30.5 Å². The number of nitrogens with zero attached hydrogens (tertiary/aromatic N) is 3. The summed E-state index contributed by atoms with van der Waals surface area (Å²) in [6.07, 6.45) is 6.58. The molecule has 6 heteroatoms. The first-order chi connectivity index (χ1) is 13.7. The Kier molecular flexibility index (Phi) is 3.35. The maximum atomic E-state index is 13.3. The summed E-state index contributed by atoms with van der Waals surface area (Å²) in [6.45, 7) is 0. The van der Waals surface area contributed by atoms with Crippen LogP contribution >= 0.6 is 0 Å². The molecule has 0 radical (unpaired) electrons. The first-order valence-electron chi connectivity index (χ1n) is 9.88. The lowest BCUT2D eigenvalue weighted by atomic mass is 9.76. The number of benzene rings is 1. The van der Waals surface area contributed by atoms with Crippen LogP contribution in [0.1, 0.15) is 37.3 Å². The largest absolute Gasteiger partial charge is 0.488 e. The van der Waals surface area contributed by atoms with Crippen LogP contribution in [0.2, 0.25) is 0 Å². The first kappa shape index (κ1) is 16.1. The molecule has 0 unspecified atom stereocenters. The van der Waals surface area contributed by atoms with Gasteiger partial charge >= 0.3 is 0 Å². The smallest absolute Gasteiger partial charge is 0.257 e. The topological polar surface area (TPSA) is 56.1 Å². The number of rotatable bonds is 3. The molecular formula is C22H21N3O3. The van der Waals surface area contributed by atoms with Crippen molar-refractivity contribution in [2.45, 2.75) is 49.7 Å². The summed E-state index contributed by atoms with van der Waals surface area (Å²) in [5.41, 5.74) is 1.43. The highest BCUT2D eigenvalue weighted by Crippen LogP contribution is 2.52. The molecule has 2 saturated heterocycles. The number of amides is 1. The maximum absolute atomic E-state index is 13.3. The number of hydrogen-bond donors (Lipinski definition) is 0. The van der Waals surface area contributed by atoms with E-state index in [1.807, 2.05) is 47.5 Å². The highest BCUT2D eigenvalue weighted by Gasteiger charge is 2.63. The number of carbonyl (C=O) groups is 1. The van der Waals surface area contributed by atoms with E-state index in [1.165, 1.54) is 5.56 Å². The third-order valence-corrected chi connectivity index (χ3v) is 6.31. The lowest BCUT2D eigenvalue weighted by Gasteiger charge is -2.42. The first-order valence-corrected chi connectivity index (χ1v) is 9.88. The van der Waals surface area contributed by atoms with Gasteiger partial charge in [-0.25, -0.2) is 4.52 Å². The molecule has 3 fully saturated rings. The second-order valence-electron chi connectivity index (χ2n) is 7.96. The van der Waals surface area contributed by atoms with Gasteiger partial charge in [-0.1, -0.05) is 30.3 Å². The summed E-state index contributed by atoms with van der Waals surface area (Å²) in [5, 5.41) is 4.26. The molecule has 28 heavy (non-hydrogen) atoms. The van der Waals surface area contributed by atoms with E-state index in [0.29, 0.717) is 12.8 Å². The standard InChI is InChI=1S/C22H21N3O3/c26-21-22(28-20-9-8-17(25(20)21)15-5-2-1-3-6-15)13-16(14-22)27-19-10-11-23-24-12-4-7-18(19)24/h1-7,10-12,16-17,20H,8-9,13-14H2/t16?,17-,20+,22?/m0/s1. The number of fused-ring (bicyclic) bond motifs is 2. The molecule has 142 valence electrons. The van der Waals surface area contributed by atoms with Crippen molar-refractivity contribution in [1.82, 2.24) is 14.5 Å². The van der Waals surface area contributed by atoms with Crippen LogP contribution in [0.3, 0.4) is 0 Å². The van der Waals surface area contributed by atoms with Gasteiger partial charge in [0.05, 0.1) is 12.2 Å². The summed E-state index contributed by atoms with van der Waals surface area (Å²) in [4.78, 5) is 15.3. The fourth-order valence-electron chi connectivity index (χ4n) is 4.95. The molecule has 1 saturated carbocycles. The Labute approximate surface area is 162 Å². The minimum absolute atomic E-state index is 0.0137. The lowest BCUT2D eigenvalue weighted by Crippen LogP contribution is -2.56. The summed E-state index contributed by atoms with van der Waals surface area (Å²) in [7, 11) is 0. The zero-order chi connectivity index (χ0) is 18.7. The minimum atomic E-state index is -0.700. The van der Waals surface area contributed by atoms with E-state index < -0.39 is 5.60 Å². The number of ether oxygens (including phenoxy) is 2. The summed E-state index contributed by atoms with van der Waals surface area (Å²) >= 11 is 0. The van der Waals surface area contributed by atoms with Crippen molar-refractivity contribution in [1.29, 1.82) is 0 Å². The van der Waals surface area contributed by atoms with Gasteiger partial charge in [0.15, 0.2) is 5.60 Å². The molecule has 1 spiro atoms. The van der Waals surface area contributed by atoms with Crippen LogP contribution < -0.4 is 4.74 Å². The second kappa shape index (κ2) is 5.82. The molecule has 2 aliphatic heterocycles. The molecule has 2 atom stereocenters. The van der Waals surface area contributed by atoms with E-state index in [1.54, 1.807) is 10.7 Å². The second-order valence-corrected chi connectivity index (χ2v) is 7.96. The maximum Gasteiger partial charge on any atom is 0.257 e. The zero-order valence-corrected chi connectivity index (χ0v) is 15.4. The van der Waals surface area contributed by atoms with Crippen LogP contribution in [0, 0.1) is 0 Å². The molecule has 4 heterocycles. The summed E-state index contributed by atoms with van der Waals surface area (Å²) in [5.74, 6) is 0.930. The Hall–Kier alpha value is -2.86. The highest BCUT2D eigenvalue weighted by molar-refractivity contribution is 5.89. The van der Waals surface area contributed by atoms with Gasteiger partial charge in [-0.15, -0.1) is 0 Å². The van der Waals surface area contributed by atoms with E-state index in [4.69, 9.17) is 9.47 Å². The minimum Gasteiger partial charge on any atom is -0.488 e. The van der Waals surface area contributed by atoms with Gasteiger partial charge in [0.1, 0.15) is 23.6 Å². The van der Waals surface area contributed by atoms with Gasteiger partial charge < -0.3 is 14.4 Å². The van der Waals surface area contributed by atoms with E-state index in [-0.39, 0.29) is 24.3 Å². The third kappa shape index (κ3) is 2.24. The highest BCUT2D eigenvalue weighted by atomic mass is 16.6. The Balaban J connectivity index is 1.19. The molecule has 6 rings (SSSR count). The molecule has 1 aromatic carbocycles. The van der Waals surface area contributed by atoms with E-state index >= 15 is 0 Å². The van der Waals surface area contributed by atoms with Crippen LogP contribution in [0.4, 0.5) is 0 Å². The van der Waals surface area contributed by atoms with Crippen molar-refractivity contribution in [2.75, 3.05) is 0 Å². The van der Waals surface area contributed by atoms with Crippen molar-refractivity contribution >= 4 is 11.4 Å². The van der Waals surface area contributed by atoms with Gasteiger partial charge in [-0.2, -0.15) is 5.10 Å². The van der Waals surface area contributed by atoms with Crippen LogP contribution in [0.5, 0.6) is 5.75 Å². The quantitative estimate of drug-likeness (QED) is 0.705. The number of aromatic nitrogens is 2. The Morgan fingerprint density at radius 2 is 1.93 bits per heavy atom. The third-order valence-electron chi connectivity index (χ3n) is 6.31. The molecular weight excluding hydrogens is 354 g/mol. The Morgan fingerprint density at radius 1 is 1.07 bits per heavy atom. The Bertz CT molecular complexity index is 1040. The average molecular weight is 375 g/mol. The molecule has 0 bridgehead atoms. The van der Waals surface area contributed by atoms with Crippen molar-refractivity contribution in [3.05, 3.63) is 66.5 Å². The number of carbonyl (C=O) groups excluding carboxylic acids is 1. The number of hydrogen-bond acceptors (Lipinski definition) is 4. The van der Waals surface area contributed by atoms with Crippen LogP contribution in [0.25, 0.3) is 5.52 Å². The van der Waals surface area contributed by atoms with Crippen molar-refractivity contribution in [2.24, 2.45) is 0 Å². The fraction of sp³-hybridized carbons (Fsp3) is 0.364. The van der Waals surface area contributed by atoms with Crippen molar-refractivity contribution in [3.63, 3.8) is 0 Å². The average Bonchev–Trinajstić information content (AvgIpc) is 3.38. The zero-order valence-electron chi connectivity index (χ0n) is 15.4. The van der Waals surface area contributed by atoms with Crippen molar-refractivity contribution < 1.29 is 14.3 Å². The molecule has 1 amide bonds. The van der Waals surface area contributed by atoms with Gasteiger partial charge in [-0.3, -0.25) is 4.79 Å². The summed E-state index contributed by atoms with van der Waals surface area (Å²) in [6, 6.07) is 16.2. The van der Waals surface area contributed by atoms with Crippen LogP contribution in [0.15, 0.2) is 60.9 Å². The fourth-order valence-corrected chi connectivity index (χ4v) is 4.95. The summed E-state index contributed by atoms with van der Waals surface area (Å²) < 4.78 is 14.3. The Morgan fingerprint density at radius 3 is 2.79 bits per heavy atom. The lowest BCUT2D eigenvalue weighted by molar-refractivity contribution is -0.162. The molecule has 3 aromatic rings. The molecule has 1 aliphatic carbocycles. The predicted octanol–water partition coefficient (Wildman–Crippen LogP) is 3.33.